The molecule has 1 rings (SSSR count). The number of aliphatic carboxylic acids is 1. The van der Waals surface area contributed by atoms with Crippen LogP contribution in [-0.2, 0) is 4.79 Å². The van der Waals surface area contributed by atoms with E-state index >= 15 is 0 Å². The summed E-state index contributed by atoms with van der Waals surface area (Å²) < 4.78 is 0. The van der Waals surface area contributed by atoms with E-state index in [1.165, 1.54) is 0 Å². The van der Waals surface area contributed by atoms with E-state index in [9.17, 15) is 14.9 Å². The highest BCUT2D eigenvalue weighted by Gasteiger charge is 2.14. The molecule has 6 nitrogen and oxygen atoms in total. The summed E-state index contributed by atoms with van der Waals surface area (Å²) in [6.07, 6.45) is 3.53. The average Bonchev–Trinajstić information content (AvgIpc) is 2.40. The molecule has 6 heteroatoms. The van der Waals surface area contributed by atoms with Gasteiger partial charge in [-0.2, -0.15) is 0 Å². The molecule has 116 valence electrons. The summed E-state index contributed by atoms with van der Waals surface area (Å²) in [4.78, 5) is 21.0. The van der Waals surface area contributed by atoms with E-state index < -0.39 is 5.97 Å². The Morgan fingerprint density at radius 1 is 1.19 bits per heavy atom. The number of rotatable bonds is 9. The molecule has 0 amide bonds. The van der Waals surface area contributed by atoms with Crippen molar-refractivity contribution in [2.45, 2.75) is 46.0 Å². The van der Waals surface area contributed by atoms with Crippen LogP contribution in [0.1, 0.15) is 43.2 Å². The third-order valence-corrected chi connectivity index (χ3v) is 3.44. The van der Waals surface area contributed by atoms with Crippen molar-refractivity contribution in [2.24, 2.45) is 0 Å². The Morgan fingerprint density at radius 3 is 2.43 bits per heavy atom. The summed E-state index contributed by atoms with van der Waals surface area (Å²) in [5.41, 5.74) is 2.57. The maximum Gasteiger partial charge on any atom is 0.303 e. The summed E-state index contributed by atoms with van der Waals surface area (Å²) in [5.74, 6) is -0.765. The second-order valence-corrected chi connectivity index (χ2v) is 5.20. The number of carboxylic acid groups (broad SMARTS) is 1. The Bertz CT molecular complexity index is 515. The van der Waals surface area contributed by atoms with Crippen LogP contribution < -0.4 is 5.32 Å². The number of benzene rings is 1. The van der Waals surface area contributed by atoms with Gasteiger partial charge in [0.15, 0.2) is 0 Å². The van der Waals surface area contributed by atoms with Gasteiger partial charge >= 0.3 is 5.97 Å². The molecule has 0 radical (unpaired) electrons. The standard InChI is InChI=1S/C15H22N2O4/c1-11-9-13(14(17(20)21)10-12(11)2)16-8-6-4-3-5-7-15(18)19/h9-10,16H,3-8H2,1-2H3,(H,18,19). The topological polar surface area (TPSA) is 92.5 Å². The predicted molar refractivity (Wildman–Crippen MR) is 81.8 cm³/mol. The normalized spacial score (nSPS) is 10.4. The number of nitro benzene ring substituents is 1. The van der Waals surface area contributed by atoms with Crippen LogP contribution in [0.15, 0.2) is 12.1 Å². The summed E-state index contributed by atoms with van der Waals surface area (Å²) in [7, 11) is 0. The molecule has 21 heavy (non-hydrogen) atoms. The predicted octanol–water partition coefficient (Wildman–Crippen LogP) is 3.66. The Kier molecular flexibility index (Phi) is 6.65. The van der Waals surface area contributed by atoms with Gasteiger partial charge in [-0.15, -0.1) is 0 Å². The van der Waals surface area contributed by atoms with Crippen LogP contribution in [0.5, 0.6) is 0 Å². The fourth-order valence-corrected chi connectivity index (χ4v) is 2.07. The number of anilines is 1. The van der Waals surface area contributed by atoms with E-state index in [1.54, 1.807) is 12.1 Å². The van der Waals surface area contributed by atoms with Crippen molar-refractivity contribution in [1.29, 1.82) is 0 Å². The van der Waals surface area contributed by atoms with E-state index in [-0.39, 0.29) is 17.0 Å². The first-order valence-corrected chi connectivity index (χ1v) is 7.13. The molecule has 0 saturated carbocycles. The highest BCUT2D eigenvalue weighted by Crippen LogP contribution is 2.27. The fraction of sp³-hybridized carbons (Fsp3) is 0.533. The zero-order valence-electron chi connectivity index (χ0n) is 12.5. The van der Waals surface area contributed by atoms with Crippen molar-refractivity contribution < 1.29 is 14.8 Å². The number of nitrogens with one attached hydrogen (secondary N) is 1. The highest BCUT2D eigenvalue weighted by molar-refractivity contribution is 5.66. The molecular formula is C15H22N2O4. The summed E-state index contributed by atoms with van der Waals surface area (Å²) in [6, 6.07) is 3.39. The fourth-order valence-electron chi connectivity index (χ4n) is 2.07. The largest absolute Gasteiger partial charge is 0.481 e. The molecule has 0 atom stereocenters. The Morgan fingerprint density at radius 2 is 1.81 bits per heavy atom. The van der Waals surface area contributed by atoms with E-state index in [2.05, 4.69) is 5.32 Å². The molecule has 0 aliphatic carbocycles. The van der Waals surface area contributed by atoms with Crippen LogP contribution in [-0.4, -0.2) is 22.5 Å². The van der Waals surface area contributed by atoms with Gasteiger partial charge in [-0.05, 0) is 43.9 Å². The lowest BCUT2D eigenvalue weighted by Crippen LogP contribution is -2.05. The molecule has 0 aliphatic rings. The third kappa shape index (κ3) is 5.81. The SMILES string of the molecule is Cc1cc(NCCCCCCC(=O)O)c([N+](=O)[O-])cc1C. The maximum atomic E-state index is 11.0. The minimum absolute atomic E-state index is 0.101. The first-order chi connectivity index (χ1) is 9.91. The van der Waals surface area contributed by atoms with Crippen molar-refractivity contribution in [1.82, 2.24) is 0 Å². The molecule has 0 bridgehead atoms. The monoisotopic (exact) mass is 294 g/mol. The van der Waals surface area contributed by atoms with E-state index in [0.717, 1.165) is 30.4 Å². The molecule has 1 aromatic carbocycles. The summed E-state index contributed by atoms with van der Waals surface area (Å²) >= 11 is 0. The number of aryl methyl sites for hydroxylation is 2. The van der Waals surface area contributed by atoms with Gasteiger partial charge in [-0.3, -0.25) is 14.9 Å². The van der Waals surface area contributed by atoms with Crippen LogP contribution in [0.25, 0.3) is 0 Å². The highest BCUT2D eigenvalue weighted by atomic mass is 16.6. The Balaban J connectivity index is 2.43. The van der Waals surface area contributed by atoms with Crippen LogP contribution in [0.4, 0.5) is 11.4 Å². The lowest BCUT2D eigenvalue weighted by atomic mass is 10.1. The number of hydrogen-bond donors (Lipinski definition) is 2. The van der Waals surface area contributed by atoms with Gasteiger partial charge in [0.05, 0.1) is 4.92 Å². The zero-order valence-corrected chi connectivity index (χ0v) is 12.5. The van der Waals surface area contributed by atoms with E-state index in [4.69, 9.17) is 5.11 Å². The Hall–Kier alpha value is -2.11. The van der Waals surface area contributed by atoms with Crippen molar-refractivity contribution in [3.05, 3.63) is 33.4 Å². The first-order valence-electron chi connectivity index (χ1n) is 7.13. The molecular weight excluding hydrogens is 272 g/mol. The molecule has 0 spiro atoms. The quantitative estimate of drug-likeness (QED) is 0.412. The van der Waals surface area contributed by atoms with Gasteiger partial charge in [0, 0.05) is 19.0 Å². The van der Waals surface area contributed by atoms with Gasteiger partial charge < -0.3 is 10.4 Å². The van der Waals surface area contributed by atoms with Crippen LogP contribution >= 0.6 is 0 Å². The molecule has 0 heterocycles. The number of nitro groups is 1. The van der Waals surface area contributed by atoms with Gasteiger partial charge in [0.2, 0.25) is 0 Å². The lowest BCUT2D eigenvalue weighted by molar-refractivity contribution is -0.384. The first kappa shape index (κ1) is 16.9. The molecule has 0 unspecified atom stereocenters. The number of unbranched alkanes of at least 4 members (excludes halogenated alkanes) is 3. The van der Waals surface area contributed by atoms with Crippen LogP contribution in [0.3, 0.4) is 0 Å². The molecule has 0 aromatic heterocycles. The van der Waals surface area contributed by atoms with Crippen LogP contribution in [0, 0.1) is 24.0 Å². The van der Waals surface area contributed by atoms with Gasteiger partial charge in [0.1, 0.15) is 5.69 Å². The zero-order chi connectivity index (χ0) is 15.8. The van der Waals surface area contributed by atoms with Crippen molar-refractivity contribution in [2.75, 3.05) is 11.9 Å². The average molecular weight is 294 g/mol. The number of carboxylic acids is 1. The minimum Gasteiger partial charge on any atom is -0.481 e. The smallest absolute Gasteiger partial charge is 0.303 e. The van der Waals surface area contributed by atoms with E-state index in [0.29, 0.717) is 18.7 Å². The van der Waals surface area contributed by atoms with Crippen molar-refractivity contribution >= 4 is 17.3 Å². The van der Waals surface area contributed by atoms with Gasteiger partial charge in [-0.25, -0.2) is 0 Å². The number of hydrogen-bond acceptors (Lipinski definition) is 4. The van der Waals surface area contributed by atoms with Crippen molar-refractivity contribution in [3.8, 4) is 0 Å². The molecule has 0 fully saturated rings. The van der Waals surface area contributed by atoms with Crippen molar-refractivity contribution in [3.63, 3.8) is 0 Å². The number of nitrogens with zero attached hydrogens (tertiary/aromatic N) is 1. The number of carbonyl (C=O) groups is 1. The summed E-state index contributed by atoms with van der Waals surface area (Å²) in [6.45, 7) is 4.43. The third-order valence-electron chi connectivity index (χ3n) is 3.44. The molecule has 2 N–H and O–H groups in total. The Labute approximate surface area is 124 Å². The maximum absolute atomic E-state index is 11.0. The second kappa shape index (κ2) is 8.24. The van der Waals surface area contributed by atoms with Crippen LogP contribution in [0.2, 0.25) is 0 Å². The molecule has 0 aliphatic heterocycles. The summed E-state index contributed by atoms with van der Waals surface area (Å²) in [5, 5.41) is 22.7. The molecule has 1 aromatic rings. The second-order valence-electron chi connectivity index (χ2n) is 5.20. The lowest BCUT2D eigenvalue weighted by Gasteiger charge is -2.09. The van der Waals surface area contributed by atoms with Gasteiger partial charge in [-0.1, -0.05) is 12.8 Å². The minimum atomic E-state index is -0.765. The van der Waals surface area contributed by atoms with E-state index in [1.807, 2.05) is 13.8 Å². The van der Waals surface area contributed by atoms with Gasteiger partial charge in [0.25, 0.3) is 5.69 Å². The molecule has 0 saturated heterocycles.